The van der Waals surface area contributed by atoms with E-state index in [2.05, 4.69) is 25.9 Å². The molecule has 0 aliphatic rings. The van der Waals surface area contributed by atoms with Gasteiger partial charge < -0.3 is 5.73 Å². The minimum Gasteiger partial charge on any atom is -0.398 e. The van der Waals surface area contributed by atoms with Crippen LogP contribution in [0.4, 0.5) is 5.69 Å². The zero-order valence-electron chi connectivity index (χ0n) is 8.64. The Bertz CT molecular complexity index is 499. The van der Waals surface area contributed by atoms with Gasteiger partial charge in [-0.25, -0.2) is 9.97 Å². The van der Waals surface area contributed by atoms with Gasteiger partial charge in [0.25, 0.3) is 0 Å². The van der Waals surface area contributed by atoms with Crippen LogP contribution in [0.25, 0.3) is 0 Å². The summed E-state index contributed by atoms with van der Waals surface area (Å²) in [5.74, 6) is 0. The van der Waals surface area contributed by atoms with Gasteiger partial charge in [-0.1, -0.05) is 15.9 Å². The van der Waals surface area contributed by atoms with Crippen molar-refractivity contribution in [2.75, 3.05) is 5.73 Å². The Hall–Kier alpha value is -1.07. The van der Waals surface area contributed by atoms with E-state index in [1.807, 2.05) is 25.1 Å². The predicted octanol–water partition coefficient (Wildman–Crippen LogP) is 3.28. The van der Waals surface area contributed by atoms with E-state index in [-0.39, 0.29) is 0 Å². The van der Waals surface area contributed by atoms with E-state index >= 15 is 0 Å². The monoisotopic (exact) mass is 295 g/mol. The van der Waals surface area contributed by atoms with Crippen molar-refractivity contribution in [2.45, 2.75) is 17.0 Å². The minimum absolute atomic E-state index is 0.708. The van der Waals surface area contributed by atoms with Gasteiger partial charge in [0.05, 0.1) is 0 Å². The number of aromatic nitrogens is 2. The van der Waals surface area contributed by atoms with Crippen molar-refractivity contribution in [1.82, 2.24) is 9.97 Å². The fourth-order valence-electron chi connectivity index (χ4n) is 1.14. The van der Waals surface area contributed by atoms with Gasteiger partial charge in [0.15, 0.2) is 5.16 Å². The molecule has 1 aromatic carbocycles. The summed E-state index contributed by atoms with van der Waals surface area (Å²) < 4.78 is 0.971. The van der Waals surface area contributed by atoms with Crippen LogP contribution in [0, 0.1) is 6.92 Å². The van der Waals surface area contributed by atoms with Gasteiger partial charge in [0.2, 0.25) is 0 Å². The molecular formula is C11H10BrN3S. The standard InChI is InChI=1S/C11H10BrN3S/c1-7-5-14-11(15-6-7)16-10-3-2-8(12)4-9(10)13/h2-6H,13H2,1H3. The van der Waals surface area contributed by atoms with Crippen LogP contribution in [0.15, 0.2) is 45.1 Å². The van der Waals surface area contributed by atoms with Gasteiger partial charge in [-0.2, -0.15) is 0 Å². The van der Waals surface area contributed by atoms with E-state index in [1.54, 1.807) is 12.4 Å². The summed E-state index contributed by atoms with van der Waals surface area (Å²) >= 11 is 4.83. The number of nitrogen functional groups attached to an aromatic ring is 1. The Morgan fingerprint density at radius 1 is 1.25 bits per heavy atom. The number of benzene rings is 1. The molecule has 0 bridgehead atoms. The third-order valence-electron chi connectivity index (χ3n) is 1.93. The highest BCUT2D eigenvalue weighted by atomic mass is 79.9. The van der Waals surface area contributed by atoms with E-state index in [9.17, 15) is 0 Å². The SMILES string of the molecule is Cc1cnc(Sc2ccc(Br)cc2N)nc1. The van der Waals surface area contributed by atoms with Crippen LogP contribution in [0.3, 0.4) is 0 Å². The third-order valence-corrected chi connectivity index (χ3v) is 3.41. The molecule has 0 saturated carbocycles. The first-order chi connectivity index (χ1) is 7.65. The van der Waals surface area contributed by atoms with E-state index in [0.29, 0.717) is 5.16 Å². The molecule has 16 heavy (non-hydrogen) atoms. The number of nitrogens with two attached hydrogens (primary N) is 1. The highest BCUT2D eigenvalue weighted by Gasteiger charge is 2.04. The van der Waals surface area contributed by atoms with Crippen LogP contribution in [0.2, 0.25) is 0 Å². The van der Waals surface area contributed by atoms with Crippen molar-refractivity contribution in [2.24, 2.45) is 0 Å². The van der Waals surface area contributed by atoms with Crippen molar-refractivity contribution < 1.29 is 0 Å². The summed E-state index contributed by atoms with van der Waals surface area (Å²) in [5, 5.41) is 0.708. The fraction of sp³-hybridized carbons (Fsp3) is 0.0909. The van der Waals surface area contributed by atoms with E-state index < -0.39 is 0 Å². The van der Waals surface area contributed by atoms with Gasteiger partial charge in [0, 0.05) is 27.4 Å². The Labute approximate surface area is 107 Å². The Morgan fingerprint density at radius 2 is 1.94 bits per heavy atom. The molecule has 2 rings (SSSR count). The summed E-state index contributed by atoms with van der Waals surface area (Å²) in [4.78, 5) is 9.41. The van der Waals surface area contributed by atoms with Crippen molar-refractivity contribution in [3.8, 4) is 0 Å². The second-order valence-electron chi connectivity index (χ2n) is 3.33. The minimum atomic E-state index is 0.708. The molecule has 3 nitrogen and oxygen atoms in total. The van der Waals surface area contributed by atoms with Crippen LogP contribution in [-0.4, -0.2) is 9.97 Å². The normalized spacial score (nSPS) is 10.4. The molecule has 0 fully saturated rings. The van der Waals surface area contributed by atoms with Crippen molar-refractivity contribution in [3.05, 3.63) is 40.6 Å². The molecule has 2 aromatic rings. The average Bonchev–Trinajstić information content (AvgIpc) is 2.25. The highest BCUT2D eigenvalue weighted by molar-refractivity contribution is 9.10. The molecule has 0 spiro atoms. The summed E-state index contributed by atoms with van der Waals surface area (Å²) in [6.45, 7) is 1.96. The van der Waals surface area contributed by atoms with Gasteiger partial charge >= 0.3 is 0 Å². The molecule has 0 atom stereocenters. The smallest absolute Gasteiger partial charge is 0.192 e. The molecule has 2 N–H and O–H groups in total. The van der Waals surface area contributed by atoms with Crippen LogP contribution >= 0.6 is 27.7 Å². The maximum Gasteiger partial charge on any atom is 0.192 e. The van der Waals surface area contributed by atoms with E-state index in [1.165, 1.54) is 11.8 Å². The van der Waals surface area contributed by atoms with E-state index in [4.69, 9.17) is 5.73 Å². The van der Waals surface area contributed by atoms with Gasteiger partial charge in [-0.05, 0) is 42.4 Å². The Morgan fingerprint density at radius 3 is 2.56 bits per heavy atom. The average molecular weight is 296 g/mol. The number of hydrogen-bond donors (Lipinski definition) is 1. The fourth-order valence-corrected chi connectivity index (χ4v) is 2.24. The van der Waals surface area contributed by atoms with Crippen molar-refractivity contribution in [1.29, 1.82) is 0 Å². The van der Waals surface area contributed by atoms with Crippen molar-refractivity contribution >= 4 is 33.4 Å². The zero-order valence-corrected chi connectivity index (χ0v) is 11.0. The lowest BCUT2D eigenvalue weighted by Crippen LogP contribution is -1.91. The summed E-state index contributed by atoms with van der Waals surface area (Å²) in [6, 6.07) is 5.77. The quantitative estimate of drug-likeness (QED) is 0.682. The first-order valence-electron chi connectivity index (χ1n) is 4.66. The third kappa shape index (κ3) is 2.74. The molecule has 1 heterocycles. The number of rotatable bonds is 2. The maximum absolute atomic E-state index is 5.89. The molecule has 82 valence electrons. The van der Waals surface area contributed by atoms with Crippen LogP contribution in [0.1, 0.15) is 5.56 Å². The largest absolute Gasteiger partial charge is 0.398 e. The predicted molar refractivity (Wildman–Crippen MR) is 69.4 cm³/mol. The van der Waals surface area contributed by atoms with Crippen LogP contribution < -0.4 is 5.73 Å². The molecule has 0 radical (unpaired) electrons. The molecule has 0 aliphatic carbocycles. The zero-order chi connectivity index (χ0) is 11.5. The highest BCUT2D eigenvalue weighted by Crippen LogP contribution is 2.31. The number of aryl methyl sites for hydroxylation is 1. The maximum atomic E-state index is 5.89. The summed E-state index contributed by atoms with van der Waals surface area (Å²) in [7, 11) is 0. The van der Waals surface area contributed by atoms with E-state index in [0.717, 1.165) is 20.6 Å². The lowest BCUT2D eigenvalue weighted by molar-refractivity contribution is 0.950. The van der Waals surface area contributed by atoms with Crippen LogP contribution in [0.5, 0.6) is 0 Å². The number of hydrogen-bond acceptors (Lipinski definition) is 4. The van der Waals surface area contributed by atoms with Gasteiger partial charge in [-0.15, -0.1) is 0 Å². The topological polar surface area (TPSA) is 51.8 Å². The first kappa shape index (κ1) is 11.4. The molecule has 0 unspecified atom stereocenters. The lowest BCUT2D eigenvalue weighted by atomic mass is 10.3. The lowest BCUT2D eigenvalue weighted by Gasteiger charge is -2.04. The molecule has 1 aromatic heterocycles. The summed E-state index contributed by atoms with van der Waals surface area (Å²) in [6.07, 6.45) is 3.59. The molecule has 0 aliphatic heterocycles. The van der Waals surface area contributed by atoms with Crippen molar-refractivity contribution in [3.63, 3.8) is 0 Å². The number of halogens is 1. The van der Waals surface area contributed by atoms with Gasteiger partial charge in [-0.3, -0.25) is 0 Å². The second kappa shape index (κ2) is 4.84. The Balaban J connectivity index is 2.23. The van der Waals surface area contributed by atoms with Gasteiger partial charge in [0.1, 0.15) is 0 Å². The first-order valence-corrected chi connectivity index (χ1v) is 6.27. The molecular weight excluding hydrogens is 286 g/mol. The molecule has 5 heteroatoms. The summed E-state index contributed by atoms with van der Waals surface area (Å²) in [5.41, 5.74) is 7.67. The van der Waals surface area contributed by atoms with Crippen LogP contribution in [-0.2, 0) is 0 Å². The Kier molecular flexibility index (Phi) is 3.46. The molecule has 0 amide bonds. The number of anilines is 1. The second-order valence-corrected chi connectivity index (χ2v) is 5.25. The number of nitrogens with zero attached hydrogens (tertiary/aromatic N) is 2. The molecule has 0 saturated heterocycles.